The molecule has 0 unspecified atom stereocenters. The molecule has 3 heterocycles. The number of carbonyl (C=O) groups excluding carboxylic acids is 1. The van der Waals surface area contributed by atoms with Crippen molar-refractivity contribution < 1.29 is 9.53 Å². The molecule has 8 nitrogen and oxygen atoms in total. The van der Waals surface area contributed by atoms with Gasteiger partial charge in [0.05, 0.1) is 0 Å². The van der Waals surface area contributed by atoms with Crippen LogP contribution in [0.2, 0.25) is 0 Å². The van der Waals surface area contributed by atoms with Crippen LogP contribution >= 0.6 is 15.9 Å². The van der Waals surface area contributed by atoms with Crippen LogP contribution in [0.1, 0.15) is 51.3 Å². The Morgan fingerprint density at radius 3 is 2.62 bits per heavy atom. The lowest BCUT2D eigenvalue weighted by atomic mass is 9.74. The van der Waals surface area contributed by atoms with E-state index >= 15 is 0 Å². The van der Waals surface area contributed by atoms with Crippen LogP contribution in [0.25, 0.3) is 5.78 Å². The minimum absolute atomic E-state index is 0.102. The van der Waals surface area contributed by atoms with Gasteiger partial charge in [0, 0.05) is 29.8 Å². The number of likely N-dealkylation sites (tertiary alicyclic amines) is 1. The van der Waals surface area contributed by atoms with Gasteiger partial charge in [-0.15, -0.1) is 5.10 Å². The first-order valence-corrected chi connectivity index (χ1v) is 9.64. The van der Waals surface area contributed by atoms with Crippen LogP contribution in [0, 0.1) is 0 Å². The van der Waals surface area contributed by atoms with Gasteiger partial charge in [0.2, 0.25) is 10.5 Å². The molecule has 2 aliphatic rings. The average molecular weight is 424 g/mol. The van der Waals surface area contributed by atoms with Gasteiger partial charge in [-0.25, -0.2) is 4.79 Å². The number of nitrogens with one attached hydrogen (secondary N) is 1. The van der Waals surface area contributed by atoms with Gasteiger partial charge in [0.25, 0.3) is 5.56 Å². The van der Waals surface area contributed by atoms with Gasteiger partial charge < -0.3 is 14.6 Å². The van der Waals surface area contributed by atoms with E-state index in [9.17, 15) is 9.59 Å². The van der Waals surface area contributed by atoms with Crippen molar-refractivity contribution in [3.63, 3.8) is 0 Å². The molecule has 1 spiro atoms. The van der Waals surface area contributed by atoms with Crippen LogP contribution in [0.4, 0.5) is 4.79 Å². The second kappa shape index (κ2) is 5.80. The van der Waals surface area contributed by atoms with Gasteiger partial charge in [-0.1, -0.05) is 0 Å². The molecule has 0 saturated carbocycles. The molecule has 1 saturated heterocycles. The quantitative estimate of drug-likeness (QED) is 0.701. The van der Waals surface area contributed by atoms with Crippen LogP contribution in [-0.4, -0.2) is 49.3 Å². The fraction of sp³-hybridized carbons (Fsp3) is 0.647. The molecule has 2 aromatic heterocycles. The number of carbonyl (C=O) groups is 1. The Morgan fingerprint density at radius 1 is 1.27 bits per heavy atom. The van der Waals surface area contributed by atoms with E-state index in [0.717, 1.165) is 36.9 Å². The highest BCUT2D eigenvalue weighted by molar-refractivity contribution is 9.10. The summed E-state index contributed by atoms with van der Waals surface area (Å²) in [5.41, 5.74) is 0.957. The molecular formula is C17H22BrN5O3. The number of halogens is 1. The number of aryl methyl sites for hydroxylation is 1. The summed E-state index contributed by atoms with van der Waals surface area (Å²) >= 11 is 3.22. The molecule has 0 radical (unpaired) electrons. The molecule has 1 fully saturated rings. The van der Waals surface area contributed by atoms with Crippen LogP contribution in [0.3, 0.4) is 0 Å². The second-order valence-corrected chi connectivity index (χ2v) is 8.86. The van der Waals surface area contributed by atoms with Gasteiger partial charge in [-0.3, -0.25) is 4.79 Å². The number of hydrogen-bond donors (Lipinski definition) is 1. The van der Waals surface area contributed by atoms with Gasteiger partial charge in [-0.05, 0) is 62.4 Å². The standard InChI is InChI=1S/C17H22BrN5O3/c1-16(2,3)26-15(25)22-8-6-17(7-9-22)5-4-10-11(17)12(24)23-14(19-10)20-13(18)21-23/h4-9H2,1-3H3,(H,19,20,21). The lowest BCUT2D eigenvalue weighted by Crippen LogP contribution is -2.47. The summed E-state index contributed by atoms with van der Waals surface area (Å²) in [5, 5.41) is 4.15. The van der Waals surface area contributed by atoms with Crippen molar-refractivity contribution >= 4 is 27.8 Å². The first kappa shape index (κ1) is 17.5. The van der Waals surface area contributed by atoms with Crippen molar-refractivity contribution in [2.75, 3.05) is 13.1 Å². The van der Waals surface area contributed by atoms with E-state index in [-0.39, 0.29) is 17.1 Å². The molecule has 0 atom stereocenters. The zero-order valence-electron chi connectivity index (χ0n) is 15.1. The molecule has 140 valence electrons. The Balaban J connectivity index is 1.61. The third kappa shape index (κ3) is 2.82. The molecule has 0 bridgehead atoms. The van der Waals surface area contributed by atoms with Crippen LogP contribution in [0.15, 0.2) is 9.53 Å². The Morgan fingerprint density at radius 2 is 1.96 bits per heavy atom. The van der Waals surface area contributed by atoms with Gasteiger partial charge in [0.1, 0.15) is 5.60 Å². The smallest absolute Gasteiger partial charge is 0.410 e. The Bertz CT molecular complexity index is 934. The number of H-pyrrole nitrogens is 1. The molecule has 1 amide bonds. The van der Waals surface area contributed by atoms with E-state index in [1.165, 1.54) is 4.52 Å². The Hall–Kier alpha value is -1.90. The van der Waals surface area contributed by atoms with Crippen molar-refractivity contribution in [3.05, 3.63) is 26.3 Å². The maximum Gasteiger partial charge on any atom is 0.410 e. The summed E-state index contributed by atoms with van der Waals surface area (Å²) in [7, 11) is 0. The minimum atomic E-state index is -0.505. The lowest BCUT2D eigenvalue weighted by molar-refractivity contribution is 0.0163. The molecule has 26 heavy (non-hydrogen) atoms. The van der Waals surface area contributed by atoms with Crippen molar-refractivity contribution in [2.24, 2.45) is 0 Å². The Kier molecular flexibility index (Phi) is 3.91. The number of ether oxygens (including phenoxy) is 1. The van der Waals surface area contributed by atoms with Crippen LogP contribution < -0.4 is 5.56 Å². The van der Waals surface area contributed by atoms with Crippen molar-refractivity contribution in [3.8, 4) is 0 Å². The molecule has 9 heteroatoms. The van der Waals surface area contributed by atoms with E-state index in [4.69, 9.17) is 4.74 Å². The average Bonchev–Trinajstić information content (AvgIpc) is 3.08. The fourth-order valence-corrected chi connectivity index (χ4v) is 4.44. The number of aromatic nitrogens is 4. The molecule has 0 aromatic carbocycles. The van der Waals surface area contributed by atoms with E-state index in [1.54, 1.807) is 4.90 Å². The number of aromatic amines is 1. The Labute approximate surface area is 159 Å². The van der Waals surface area contributed by atoms with Crippen LogP contribution in [-0.2, 0) is 16.6 Å². The zero-order chi connectivity index (χ0) is 18.7. The highest BCUT2D eigenvalue weighted by atomic mass is 79.9. The second-order valence-electron chi connectivity index (χ2n) is 8.15. The van der Waals surface area contributed by atoms with E-state index in [2.05, 4.69) is 31.0 Å². The van der Waals surface area contributed by atoms with Crippen LogP contribution in [0.5, 0.6) is 0 Å². The van der Waals surface area contributed by atoms with E-state index in [0.29, 0.717) is 23.6 Å². The summed E-state index contributed by atoms with van der Waals surface area (Å²) in [5.74, 6) is 0.462. The molecule has 1 aliphatic heterocycles. The molecule has 4 rings (SSSR count). The third-order valence-corrected chi connectivity index (χ3v) is 5.64. The molecule has 1 aliphatic carbocycles. The van der Waals surface area contributed by atoms with Gasteiger partial charge in [-0.2, -0.15) is 9.50 Å². The highest BCUT2D eigenvalue weighted by Gasteiger charge is 2.45. The first-order valence-electron chi connectivity index (χ1n) is 8.84. The third-order valence-electron chi connectivity index (χ3n) is 5.31. The predicted molar refractivity (Wildman–Crippen MR) is 98.3 cm³/mol. The van der Waals surface area contributed by atoms with Gasteiger partial charge >= 0.3 is 6.09 Å². The predicted octanol–water partition coefficient (Wildman–Crippen LogP) is 2.40. The number of amides is 1. The zero-order valence-corrected chi connectivity index (χ0v) is 16.7. The number of nitrogens with zero attached hydrogens (tertiary/aromatic N) is 4. The summed E-state index contributed by atoms with van der Waals surface area (Å²) in [4.78, 5) is 34.5. The fourth-order valence-electron chi connectivity index (χ4n) is 4.11. The maximum absolute atomic E-state index is 13.0. The monoisotopic (exact) mass is 423 g/mol. The minimum Gasteiger partial charge on any atom is -0.444 e. The topological polar surface area (TPSA) is 92.6 Å². The molecular weight excluding hydrogens is 402 g/mol. The number of rotatable bonds is 0. The largest absolute Gasteiger partial charge is 0.444 e. The lowest BCUT2D eigenvalue weighted by Gasteiger charge is -2.39. The van der Waals surface area contributed by atoms with Crippen molar-refractivity contribution in [1.82, 2.24) is 24.5 Å². The van der Waals surface area contributed by atoms with Crippen molar-refractivity contribution in [2.45, 2.75) is 57.5 Å². The maximum atomic E-state index is 13.0. The summed E-state index contributed by atoms with van der Waals surface area (Å²) in [6, 6.07) is 0. The highest BCUT2D eigenvalue weighted by Crippen LogP contribution is 2.44. The summed E-state index contributed by atoms with van der Waals surface area (Å²) in [6.45, 7) is 6.78. The summed E-state index contributed by atoms with van der Waals surface area (Å²) < 4.78 is 7.19. The normalized spacial score (nSPS) is 19.2. The first-order chi connectivity index (χ1) is 12.2. The number of fused-ring (bicyclic) bond motifs is 3. The molecule has 2 aromatic rings. The van der Waals surface area contributed by atoms with Gasteiger partial charge in [0.15, 0.2) is 0 Å². The SMILES string of the molecule is CC(C)(C)OC(=O)N1CCC2(CCc3[nH]c4nc(Br)nn4c(=O)c32)CC1. The van der Waals surface area contributed by atoms with E-state index in [1.807, 2.05) is 20.8 Å². The molecule has 1 N–H and O–H groups in total. The summed E-state index contributed by atoms with van der Waals surface area (Å²) in [6.07, 6.45) is 2.95. The van der Waals surface area contributed by atoms with Crippen molar-refractivity contribution in [1.29, 1.82) is 0 Å². The number of hydrogen-bond acceptors (Lipinski definition) is 5. The van der Waals surface area contributed by atoms with E-state index < -0.39 is 5.60 Å². The number of piperidine rings is 1.